The van der Waals surface area contributed by atoms with Crippen molar-refractivity contribution in [2.24, 2.45) is 0 Å². The lowest BCUT2D eigenvalue weighted by molar-refractivity contribution is -0.131. The Balaban J connectivity index is 1.54. The smallest absolute Gasteiger partial charge is 0.254 e. The summed E-state index contributed by atoms with van der Waals surface area (Å²) in [5.74, 6) is 1.94. The van der Waals surface area contributed by atoms with Crippen molar-refractivity contribution in [1.29, 1.82) is 0 Å². The Morgan fingerprint density at radius 1 is 1.14 bits per heavy atom. The minimum absolute atomic E-state index is 0.130. The van der Waals surface area contributed by atoms with Gasteiger partial charge in [-0.25, -0.2) is 0 Å². The van der Waals surface area contributed by atoms with Gasteiger partial charge >= 0.3 is 0 Å². The summed E-state index contributed by atoms with van der Waals surface area (Å²) in [6, 6.07) is 7.71. The molecule has 3 rings (SSSR count). The SMILES string of the molecule is CCC(OC1CCCC1)C(=O)Nc1cc(CCc2cc(OC)cc(OC)c2)[nH]n1. The van der Waals surface area contributed by atoms with Crippen LogP contribution in [0.4, 0.5) is 5.82 Å². The summed E-state index contributed by atoms with van der Waals surface area (Å²) >= 11 is 0. The highest BCUT2D eigenvalue weighted by molar-refractivity contribution is 5.93. The number of aromatic nitrogens is 2. The molecular formula is C22H31N3O4. The van der Waals surface area contributed by atoms with Crippen LogP contribution in [0.25, 0.3) is 0 Å². The first kappa shape index (κ1) is 21.2. The van der Waals surface area contributed by atoms with E-state index in [1.54, 1.807) is 14.2 Å². The van der Waals surface area contributed by atoms with Gasteiger partial charge in [0.1, 0.15) is 17.6 Å². The highest BCUT2D eigenvalue weighted by atomic mass is 16.5. The molecule has 7 heteroatoms. The molecule has 7 nitrogen and oxygen atoms in total. The molecule has 1 unspecified atom stereocenters. The Bertz CT molecular complexity index is 777. The topological polar surface area (TPSA) is 85.5 Å². The van der Waals surface area contributed by atoms with E-state index in [1.165, 1.54) is 12.8 Å². The van der Waals surface area contributed by atoms with Crippen LogP contribution in [0.2, 0.25) is 0 Å². The van der Waals surface area contributed by atoms with Gasteiger partial charge in [-0.15, -0.1) is 0 Å². The van der Waals surface area contributed by atoms with Crippen LogP contribution in [0, 0.1) is 0 Å². The summed E-state index contributed by atoms with van der Waals surface area (Å²) in [6.45, 7) is 1.97. The minimum atomic E-state index is -0.428. The fourth-order valence-electron chi connectivity index (χ4n) is 3.65. The monoisotopic (exact) mass is 401 g/mol. The first-order chi connectivity index (χ1) is 14.1. The van der Waals surface area contributed by atoms with E-state index in [9.17, 15) is 4.79 Å². The molecule has 29 heavy (non-hydrogen) atoms. The van der Waals surface area contributed by atoms with Crippen LogP contribution in [0.5, 0.6) is 11.5 Å². The number of aromatic amines is 1. The number of nitrogens with zero attached hydrogens (tertiary/aromatic N) is 1. The quantitative estimate of drug-likeness (QED) is 0.631. The van der Waals surface area contributed by atoms with E-state index >= 15 is 0 Å². The number of hydrogen-bond donors (Lipinski definition) is 2. The molecule has 0 saturated heterocycles. The fraction of sp³-hybridized carbons (Fsp3) is 0.545. The number of anilines is 1. The molecule has 1 aromatic carbocycles. The molecule has 1 atom stereocenters. The number of rotatable bonds is 10. The fourth-order valence-corrected chi connectivity index (χ4v) is 3.65. The van der Waals surface area contributed by atoms with E-state index in [0.717, 1.165) is 48.4 Å². The number of aryl methyl sites for hydroxylation is 2. The predicted octanol–water partition coefficient (Wildman–Crippen LogP) is 3.89. The molecule has 0 radical (unpaired) electrons. The molecule has 158 valence electrons. The lowest BCUT2D eigenvalue weighted by atomic mass is 10.1. The van der Waals surface area contributed by atoms with Gasteiger partial charge in [0.05, 0.1) is 20.3 Å². The average molecular weight is 402 g/mol. The maximum absolute atomic E-state index is 12.5. The Morgan fingerprint density at radius 2 is 1.83 bits per heavy atom. The molecular weight excluding hydrogens is 370 g/mol. The zero-order valence-corrected chi connectivity index (χ0v) is 17.5. The first-order valence-electron chi connectivity index (χ1n) is 10.3. The highest BCUT2D eigenvalue weighted by Gasteiger charge is 2.24. The molecule has 0 aliphatic heterocycles. The van der Waals surface area contributed by atoms with Crippen molar-refractivity contribution >= 4 is 11.7 Å². The van der Waals surface area contributed by atoms with Gasteiger partial charge in [-0.1, -0.05) is 19.8 Å². The lowest BCUT2D eigenvalue weighted by Gasteiger charge is -2.19. The van der Waals surface area contributed by atoms with E-state index in [2.05, 4.69) is 15.5 Å². The number of ether oxygens (including phenoxy) is 3. The third kappa shape index (κ3) is 5.97. The van der Waals surface area contributed by atoms with Crippen molar-refractivity contribution < 1.29 is 19.0 Å². The zero-order chi connectivity index (χ0) is 20.6. The Labute approximate surface area is 172 Å². The van der Waals surface area contributed by atoms with Gasteiger partial charge in [-0.05, 0) is 49.8 Å². The second-order valence-corrected chi connectivity index (χ2v) is 7.43. The van der Waals surface area contributed by atoms with Crippen LogP contribution < -0.4 is 14.8 Å². The van der Waals surface area contributed by atoms with Gasteiger partial charge in [0.15, 0.2) is 5.82 Å². The minimum Gasteiger partial charge on any atom is -0.497 e. The molecule has 1 amide bonds. The molecule has 1 fully saturated rings. The van der Waals surface area contributed by atoms with Crippen LogP contribution in [0.15, 0.2) is 24.3 Å². The third-order valence-electron chi connectivity index (χ3n) is 5.30. The summed E-state index contributed by atoms with van der Waals surface area (Å²) in [7, 11) is 3.28. The van der Waals surface area contributed by atoms with E-state index < -0.39 is 6.10 Å². The van der Waals surface area contributed by atoms with Crippen LogP contribution in [-0.2, 0) is 22.4 Å². The van der Waals surface area contributed by atoms with Gasteiger partial charge < -0.3 is 19.5 Å². The number of nitrogens with one attached hydrogen (secondary N) is 2. The maximum atomic E-state index is 12.5. The van der Waals surface area contributed by atoms with Crippen LogP contribution >= 0.6 is 0 Å². The molecule has 1 aromatic heterocycles. The molecule has 1 aliphatic rings. The Morgan fingerprint density at radius 3 is 2.45 bits per heavy atom. The second kappa shape index (κ2) is 10.3. The predicted molar refractivity (Wildman–Crippen MR) is 112 cm³/mol. The summed E-state index contributed by atoms with van der Waals surface area (Å²) < 4.78 is 16.6. The summed E-state index contributed by atoms with van der Waals surface area (Å²) in [6.07, 6.45) is 6.45. The normalized spacial score (nSPS) is 15.3. The largest absolute Gasteiger partial charge is 0.497 e. The maximum Gasteiger partial charge on any atom is 0.254 e. The summed E-state index contributed by atoms with van der Waals surface area (Å²) in [4.78, 5) is 12.5. The first-order valence-corrected chi connectivity index (χ1v) is 10.3. The molecule has 2 N–H and O–H groups in total. The van der Waals surface area contributed by atoms with Gasteiger partial charge in [0, 0.05) is 17.8 Å². The Kier molecular flexibility index (Phi) is 7.52. The summed E-state index contributed by atoms with van der Waals surface area (Å²) in [5, 5.41) is 10.1. The van der Waals surface area contributed by atoms with Gasteiger partial charge in [0.2, 0.25) is 0 Å². The molecule has 1 aliphatic carbocycles. The zero-order valence-electron chi connectivity index (χ0n) is 17.5. The lowest BCUT2D eigenvalue weighted by Crippen LogP contribution is -2.32. The second-order valence-electron chi connectivity index (χ2n) is 7.43. The summed E-state index contributed by atoms with van der Waals surface area (Å²) in [5.41, 5.74) is 2.06. The average Bonchev–Trinajstić information content (AvgIpc) is 3.42. The molecule has 2 aromatic rings. The van der Waals surface area contributed by atoms with Crippen molar-refractivity contribution in [3.63, 3.8) is 0 Å². The molecule has 1 heterocycles. The van der Waals surface area contributed by atoms with Crippen molar-refractivity contribution in [2.45, 2.75) is 64.1 Å². The molecule has 0 spiro atoms. The third-order valence-corrected chi connectivity index (χ3v) is 5.30. The van der Waals surface area contributed by atoms with Gasteiger partial charge in [-0.2, -0.15) is 5.10 Å². The highest BCUT2D eigenvalue weighted by Crippen LogP contribution is 2.24. The number of hydrogen-bond acceptors (Lipinski definition) is 5. The molecule has 1 saturated carbocycles. The van der Waals surface area contributed by atoms with Crippen molar-refractivity contribution in [3.8, 4) is 11.5 Å². The van der Waals surface area contributed by atoms with Gasteiger partial charge in [0.25, 0.3) is 5.91 Å². The number of benzene rings is 1. The van der Waals surface area contributed by atoms with Gasteiger partial charge in [-0.3, -0.25) is 9.89 Å². The number of amides is 1. The van der Waals surface area contributed by atoms with Crippen LogP contribution in [-0.4, -0.2) is 42.5 Å². The number of H-pyrrole nitrogens is 1. The van der Waals surface area contributed by atoms with Crippen molar-refractivity contribution in [3.05, 3.63) is 35.5 Å². The number of methoxy groups -OCH3 is 2. The molecule has 0 bridgehead atoms. The van der Waals surface area contributed by atoms with E-state index in [4.69, 9.17) is 14.2 Å². The van der Waals surface area contributed by atoms with Crippen LogP contribution in [0.1, 0.15) is 50.3 Å². The van der Waals surface area contributed by atoms with Crippen LogP contribution in [0.3, 0.4) is 0 Å². The van der Waals surface area contributed by atoms with Crippen molar-refractivity contribution in [1.82, 2.24) is 10.2 Å². The number of carbonyl (C=O) groups excluding carboxylic acids is 1. The van der Waals surface area contributed by atoms with E-state index in [1.807, 2.05) is 31.2 Å². The van der Waals surface area contributed by atoms with Crippen molar-refractivity contribution in [2.75, 3.05) is 19.5 Å². The van der Waals surface area contributed by atoms with E-state index in [-0.39, 0.29) is 12.0 Å². The number of carbonyl (C=O) groups is 1. The van der Waals surface area contributed by atoms with E-state index in [0.29, 0.717) is 12.2 Å². The Hall–Kier alpha value is -2.54. The standard InChI is InChI=1S/C22H31N3O4/c1-4-20(29-17-7-5-6-8-17)22(26)23-21-13-16(24-25-21)10-9-15-11-18(27-2)14-19(12-15)28-3/h11-14,17,20H,4-10H2,1-3H3,(H2,23,24,25,26).